The summed E-state index contributed by atoms with van der Waals surface area (Å²) in [7, 11) is 0. The molecule has 0 spiro atoms. The standard InChI is InChI=1S/C16H17N3O/c1-11-7-8-12(2)13(9-11)10-18-19-16(20)14-5-3-4-6-15(14)17/h3-10H,17H2,1-2H3,(H,19,20). The molecule has 0 heterocycles. The van der Waals surface area contributed by atoms with Gasteiger partial charge in [-0.3, -0.25) is 4.79 Å². The topological polar surface area (TPSA) is 67.5 Å². The molecular formula is C16H17N3O. The summed E-state index contributed by atoms with van der Waals surface area (Å²) in [6, 6.07) is 13.0. The first kappa shape index (κ1) is 13.8. The van der Waals surface area contributed by atoms with E-state index in [0.29, 0.717) is 11.3 Å². The number of anilines is 1. The van der Waals surface area contributed by atoms with Gasteiger partial charge in [0.1, 0.15) is 0 Å². The fourth-order valence-electron chi connectivity index (χ4n) is 1.82. The van der Waals surface area contributed by atoms with Crippen LogP contribution in [0, 0.1) is 13.8 Å². The van der Waals surface area contributed by atoms with Crippen molar-refractivity contribution >= 4 is 17.8 Å². The van der Waals surface area contributed by atoms with E-state index in [2.05, 4.69) is 10.5 Å². The number of hydrogen-bond donors (Lipinski definition) is 2. The maximum atomic E-state index is 11.9. The Morgan fingerprint density at radius 2 is 1.95 bits per heavy atom. The van der Waals surface area contributed by atoms with E-state index in [9.17, 15) is 4.79 Å². The number of rotatable bonds is 3. The van der Waals surface area contributed by atoms with Crippen molar-refractivity contribution in [2.45, 2.75) is 13.8 Å². The van der Waals surface area contributed by atoms with Crippen LogP contribution in [-0.4, -0.2) is 12.1 Å². The van der Waals surface area contributed by atoms with Crippen LogP contribution in [0.3, 0.4) is 0 Å². The monoisotopic (exact) mass is 267 g/mol. The largest absolute Gasteiger partial charge is 0.398 e. The maximum absolute atomic E-state index is 11.9. The molecule has 0 bridgehead atoms. The second-order valence-corrected chi connectivity index (χ2v) is 4.65. The van der Waals surface area contributed by atoms with Crippen molar-refractivity contribution in [1.29, 1.82) is 0 Å². The third kappa shape index (κ3) is 3.23. The first-order valence-corrected chi connectivity index (χ1v) is 6.33. The highest BCUT2D eigenvalue weighted by Gasteiger charge is 2.06. The molecule has 20 heavy (non-hydrogen) atoms. The minimum absolute atomic E-state index is 0.315. The second kappa shape index (κ2) is 6.02. The Hall–Kier alpha value is -2.62. The zero-order valence-electron chi connectivity index (χ0n) is 11.6. The van der Waals surface area contributed by atoms with E-state index in [0.717, 1.165) is 16.7 Å². The molecule has 0 unspecified atom stereocenters. The van der Waals surface area contributed by atoms with Gasteiger partial charge in [0.25, 0.3) is 5.91 Å². The molecule has 0 saturated carbocycles. The van der Waals surface area contributed by atoms with Crippen molar-refractivity contribution in [2.24, 2.45) is 5.10 Å². The van der Waals surface area contributed by atoms with E-state index < -0.39 is 0 Å². The van der Waals surface area contributed by atoms with Gasteiger partial charge in [0.2, 0.25) is 0 Å². The molecule has 2 aromatic rings. The summed E-state index contributed by atoms with van der Waals surface area (Å²) < 4.78 is 0. The molecule has 0 fully saturated rings. The summed E-state index contributed by atoms with van der Waals surface area (Å²) in [5.41, 5.74) is 12.3. The normalized spacial score (nSPS) is 10.7. The number of nitrogen functional groups attached to an aromatic ring is 1. The van der Waals surface area contributed by atoms with Crippen LogP contribution in [0.5, 0.6) is 0 Å². The fourth-order valence-corrected chi connectivity index (χ4v) is 1.82. The van der Waals surface area contributed by atoms with Crippen LogP contribution in [0.2, 0.25) is 0 Å². The van der Waals surface area contributed by atoms with E-state index in [4.69, 9.17) is 5.73 Å². The smallest absolute Gasteiger partial charge is 0.273 e. The minimum atomic E-state index is -0.315. The molecule has 0 aliphatic carbocycles. The highest BCUT2D eigenvalue weighted by atomic mass is 16.2. The van der Waals surface area contributed by atoms with Crippen molar-refractivity contribution in [3.05, 3.63) is 64.7 Å². The molecular weight excluding hydrogens is 250 g/mol. The second-order valence-electron chi connectivity index (χ2n) is 4.65. The summed E-state index contributed by atoms with van der Waals surface area (Å²) in [5, 5.41) is 3.98. The summed E-state index contributed by atoms with van der Waals surface area (Å²) in [5.74, 6) is -0.315. The number of hydrogen-bond acceptors (Lipinski definition) is 3. The predicted molar refractivity (Wildman–Crippen MR) is 81.8 cm³/mol. The number of benzene rings is 2. The summed E-state index contributed by atoms with van der Waals surface area (Å²) in [6.45, 7) is 4.01. The van der Waals surface area contributed by atoms with Crippen LogP contribution in [0.25, 0.3) is 0 Å². The van der Waals surface area contributed by atoms with Gasteiger partial charge in [0, 0.05) is 5.69 Å². The first-order chi connectivity index (χ1) is 9.58. The third-order valence-corrected chi connectivity index (χ3v) is 3.01. The first-order valence-electron chi connectivity index (χ1n) is 6.33. The number of carbonyl (C=O) groups excluding carboxylic acids is 1. The van der Waals surface area contributed by atoms with E-state index in [-0.39, 0.29) is 5.91 Å². The summed E-state index contributed by atoms with van der Waals surface area (Å²) in [4.78, 5) is 11.9. The predicted octanol–water partition coefficient (Wildman–Crippen LogP) is 2.65. The Morgan fingerprint density at radius 3 is 2.70 bits per heavy atom. The molecule has 0 atom stereocenters. The van der Waals surface area contributed by atoms with Gasteiger partial charge in [-0.2, -0.15) is 5.10 Å². The average molecular weight is 267 g/mol. The van der Waals surface area contributed by atoms with Gasteiger partial charge >= 0.3 is 0 Å². The fraction of sp³-hybridized carbons (Fsp3) is 0.125. The molecule has 3 N–H and O–H groups in total. The lowest BCUT2D eigenvalue weighted by Crippen LogP contribution is -2.19. The minimum Gasteiger partial charge on any atom is -0.398 e. The number of nitrogens with two attached hydrogens (primary N) is 1. The summed E-state index contributed by atoms with van der Waals surface area (Å²) >= 11 is 0. The molecule has 0 aromatic heterocycles. The molecule has 4 heteroatoms. The van der Waals surface area contributed by atoms with Crippen LogP contribution in [0.15, 0.2) is 47.6 Å². The van der Waals surface area contributed by atoms with Gasteiger partial charge in [-0.05, 0) is 37.1 Å². The van der Waals surface area contributed by atoms with Crippen LogP contribution in [0.4, 0.5) is 5.69 Å². The van der Waals surface area contributed by atoms with Gasteiger partial charge < -0.3 is 5.73 Å². The van der Waals surface area contributed by atoms with E-state index in [1.54, 1.807) is 30.5 Å². The number of para-hydroxylation sites is 1. The SMILES string of the molecule is Cc1ccc(C)c(C=NNC(=O)c2ccccc2N)c1. The number of aryl methyl sites for hydroxylation is 2. The average Bonchev–Trinajstić information content (AvgIpc) is 2.43. The van der Waals surface area contributed by atoms with Crippen LogP contribution in [0.1, 0.15) is 27.0 Å². The molecule has 0 aliphatic heterocycles. The lowest BCUT2D eigenvalue weighted by atomic mass is 10.1. The lowest BCUT2D eigenvalue weighted by molar-refractivity contribution is 0.0956. The zero-order chi connectivity index (χ0) is 14.5. The molecule has 0 saturated heterocycles. The zero-order valence-corrected chi connectivity index (χ0v) is 11.6. The van der Waals surface area contributed by atoms with Crippen LogP contribution >= 0.6 is 0 Å². The van der Waals surface area contributed by atoms with Crippen molar-refractivity contribution < 1.29 is 4.79 Å². The highest BCUT2D eigenvalue weighted by Crippen LogP contribution is 2.10. The maximum Gasteiger partial charge on any atom is 0.273 e. The number of hydrazone groups is 1. The lowest BCUT2D eigenvalue weighted by Gasteiger charge is -2.04. The summed E-state index contributed by atoms with van der Waals surface area (Å²) in [6.07, 6.45) is 1.64. The van der Waals surface area contributed by atoms with E-state index in [1.165, 1.54) is 0 Å². The van der Waals surface area contributed by atoms with Gasteiger partial charge in [0.15, 0.2) is 0 Å². The van der Waals surface area contributed by atoms with E-state index >= 15 is 0 Å². The Balaban J connectivity index is 2.09. The third-order valence-electron chi connectivity index (χ3n) is 3.01. The van der Waals surface area contributed by atoms with Gasteiger partial charge in [0.05, 0.1) is 11.8 Å². The van der Waals surface area contributed by atoms with Gasteiger partial charge in [-0.15, -0.1) is 0 Å². The van der Waals surface area contributed by atoms with Gasteiger partial charge in [-0.25, -0.2) is 5.43 Å². The van der Waals surface area contributed by atoms with Crippen molar-refractivity contribution in [3.63, 3.8) is 0 Å². The Morgan fingerprint density at radius 1 is 1.20 bits per heavy atom. The number of amides is 1. The molecule has 0 aliphatic rings. The van der Waals surface area contributed by atoms with Crippen molar-refractivity contribution in [1.82, 2.24) is 5.43 Å². The number of carbonyl (C=O) groups is 1. The Kier molecular flexibility index (Phi) is 4.15. The molecule has 2 aromatic carbocycles. The van der Waals surface area contributed by atoms with Gasteiger partial charge in [-0.1, -0.05) is 35.9 Å². The highest BCUT2D eigenvalue weighted by molar-refractivity contribution is 5.99. The Bertz CT molecular complexity index is 663. The number of nitrogens with one attached hydrogen (secondary N) is 1. The number of nitrogens with zero attached hydrogens (tertiary/aromatic N) is 1. The quantitative estimate of drug-likeness (QED) is 0.510. The Labute approximate surface area is 118 Å². The molecule has 4 nitrogen and oxygen atoms in total. The molecule has 102 valence electrons. The van der Waals surface area contributed by atoms with Crippen molar-refractivity contribution in [2.75, 3.05) is 5.73 Å². The van der Waals surface area contributed by atoms with Crippen LogP contribution in [-0.2, 0) is 0 Å². The molecule has 0 radical (unpaired) electrons. The van der Waals surface area contributed by atoms with Crippen molar-refractivity contribution in [3.8, 4) is 0 Å². The molecule has 2 rings (SSSR count). The van der Waals surface area contributed by atoms with Crippen LogP contribution < -0.4 is 11.2 Å². The van der Waals surface area contributed by atoms with E-state index in [1.807, 2.05) is 32.0 Å². The molecule has 1 amide bonds.